The number of ether oxygens (including phenoxy) is 1. The number of nitrogens with zero attached hydrogens (tertiary/aromatic N) is 1. The summed E-state index contributed by atoms with van der Waals surface area (Å²) < 4.78 is 19.5. The molecule has 0 bridgehead atoms. The van der Waals surface area contributed by atoms with Gasteiger partial charge in [-0.25, -0.2) is 0 Å². The summed E-state index contributed by atoms with van der Waals surface area (Å²) in [4.78, 5) is 4.53. The van der Waals surface area contributed by atoms with Crippen LogP contribution in [0.1, 0.15) is 42.0 Å². The van der Waals surface area contributed by atoms with E-state index in [2.05, 4.69) is 24.1 Å². The lowest BCUT2D eigenvalue weighted by Gasteiger charge is -2.27. The molecule has 3 rings (SSSR count). The van der Waals surface area contributed by atoms with Crippen LogP contribution in [0.25, 0.3) is 0 Å². The smallest absolute Gasteiger partial charge is 0.161 e. The van der Waals surface area contributed by atoms with Gasteiger partial charge in [0.2, 0.25) is 0 Å². The van der Waals surface area contributed by atoms with Crippen LogP contribution in [0.5, 0.6) is 11.5 Å². The molecule has 2 aromatic rings. The third kappa shape index (κ3) is 4.45. The molecule has 0 aliphatic carbocycles. The predicted octanol–water partition coefficient (Wildman–Crippen LogP) is 5.52. The van der Waals surface area contributed by atoms with E-state index in [-0.39, 0.29) is 11.4 Å². The van der Waals surface area contributed by atoms with Gasteiger partial charge >= 0.3 is 0 Å². The van der Waals surface area contributed by atoms with Crippen molar-refractivity contribution >= 4 is 12.8 Å². The molecule has 1 aliphatic heterocycles. The first-order valence-electron chi connectivity index (χ1n) is 10.3. The number of pyridine rings is 1. The Hall–Kier alpha value is -2.00. The van der Waals surface area contributed by atoms with E-state index in [4.69, 9.17) is 4.74 Å². The van der Waals surface area contributed by atoms with Crippen molar-refractivity contribution in [2.75, 3.05) is 31.3 Å². The number of aromatic nitrogens is 1. The summed E-state index contributed by atoms with van der Waals surface area (Å²) >= 11 is 0. The lowest BCUT2D eigenvalue weighted by Crippen LogP contribution is -2.16. The van der Waals surface area contributed by atoms with Crippen LogP contribution in [0.4, 0.5) is 5.69 Å². The van der Waals surface area contributed by atoms with E-state index in [1.165, 1.54) is 0 Å². The van der Waals surface area contributed by atoms with Crippen LogP contribution >= 0.6 is 7.14 Å². The number of nitrogens with one attached hydrogen (secondary N) is 1. The Morgan fingerprint density at radius 1 is 1.21 bits per heavy atom. The molecule has 4 atom stereocenters. The number of phenols is 1. The first kappa shape index (κ1) is 21.7. The van der Waals surface area contributed by atoms with Crippen molar-refractivity contribution in [2.45, 2.75) is 40.3 Å². The highest BCUT2D eigenvalue weighted by atomic mass is 31.2. The standard InChI is InChI=1S/C23H33N2O3P/c1-14-9-19(10-21(28-6)23(14)26)22(29(27)12-15(2)16(3)13-29)11-24-20-8-7-17(4)25-18(20)5/h7-10,15-16,22,24,26H,11-13H2,1-6H3/t15-,16+,22?,29?. The SMILES string of the molecule is COc1cc(C(CNc2ccc(C)nc2C)P2(=O)C[C@@H](C)[C@@H](C)C2)cc(C)c1O. The summed E-state index contributed by atoms with van der Waals surface area (Å²) in [5, 5.41) is 13.8. The molecule has 2 unspecified atom stereocenters. The summed E-state index contributed by atoms with van der Waals surface area (Å²) in [6, 6.07) is 7.83. The maximum atomic E-state index is 14.1. The molecule has 0 radical (unpaired) electrons. The van der Waals surface area contributed by atoms with Crippen molar-refractivity contribution in [2.24, 2.45) is 11.8 Å². The molecule has 2 N–H and O–H groups in total. The quantitative estimate of drug-likeness (QED) is 0.607. The van der Waals surface area contributed by atoms with Gasteiger partial charge in [0.1, 0.15) is 0 Å². The third-order valence-electron chi connectivity index (χ3n) is 6.34. The van der Waals surface area contributed by atoms with Crippen molar-refractivity contribution in [1.29, 1.82) is 0 Å². The molecular weight excluding hydrogens is 383 g/mol. The lowest BCUT2D eigenvalue weighted by atomic mass is 10.0. The van der Waals surface area contributed by atoms with Crippen LogP contribution in [0.15, 0.2) is 24.3 Å². The molecular formula is C23H33N2O3P. The molecule has 1 aromatic carbocycles. The van der Waals surface area contributed by atoms with Crippen molar-refractivity contribution in [3.05, 3.63) is 46.8 Å². The van der Waals surface area contributed by atoms with Gasteiger partial charge in [0, 0.05) is 24.6 Å². The predicted molar refractivity (Wildman–Crippen MR) is 120 cm³/mol. The molecule has 2 heterocycles. The minimum absolute atomic E-state index is 0.135. The highest BCUT2D eigenvalue weighted by molar-refractivity contribution is 7.64. The molecule has 1 aliphatic rings. The number of aromatic hydroxyl groups is 1. The fourth-order valence-corrected chi connectivity index (χ4v) is 8.87. The van der Waals surface area contributed by atoms with Crippen LogP contribution < -0.4 is 10.1 Å². The molecule has 158 valence electrons. The van der Waals surface area contributed by atoms with Gasteiger partial charge in [0.25, 0.3) is 0 Å². The topological polar surface area (TPSA) is 71.5 Å². The Morgan fingerprint density at radius 2 is 1.86 bits per heavy atom. The van der Waals surface area contributed by atoms with E-state index >= 15 is 0 Å². The molecule has 6 heteroatoms. The van der Waals surface area contributed by atoms with Gasteiger partial charge in [-0.2, -0.15) is 0 Å². The number of phenolic OH excluding ortho intramolecular Hbond substituents is 1. The fraction of sp³-hybridized carbons (Fsp3) is 0.522. The van der Waals surface area contributed by atoms with Gasteiger partial charge in [-0.3, -0.25) is 4.98 Å². The number of hydrogen-bond donors (Lipinski definition) is 2. The van der Waals surface area contributed by atoms with E-state index in [0.717, 1.165) is 40.5 Å². The van der Waals surface area contributed by atoms with Gasteiger partial charge in [0.05, 0.1) is 31.3 Å². The first-order valence-corrected chi connectivity index (χ1v) is 12.4. The van der Waals surface area contributed by atoms with Gasteiger partial charge < -0.3 is 19.7 Å². The second kappa shape index (κ2) is 8.39. The van der Waals surface area contributed by atoms with E-state index in [1.54, 1.807) is 7.11 Å². The van der Waals surface area contributed by atoms with E-state index in [1.807, 2.05) is 45.0 Å². The Labute approximate surface area is 174 Å². The Kier molecular flexibility index (Phi) is 6.28. The van der Waals surface area contributed by atoms with Crippen LogP contribution in [0, 0.1) is 32.6 Å². The largest absolute Gasteiger partial charge is 0.504 e. The summed E-state index contributed by atoms with van der Waals surface area (Å²) in [6.45, 7) is 10.8. The summed E-state index contributed by atoms with van der Waals surface area (Å²) in [5.41, 5.74) is 4.46. The second-order valence-corrected chi connectivity index (χ2v) is 11.9. The maximum absolute atomic E-state index is 14.1. The average Bonchev–Trinajstić information content (AvgIpc) is 2.92. The number of methoxy groups -OCH3 is 1. The molecule has 1 fully saturated rings. The third-order valence-corrected chi connectivity index (χ3v) is 10.3. The minimum Gasteiger partial charge on any atom is -0.504 e. The average molecular weight is 417 g/mol. The Balaban J connectivity index is 1.99. The number of rotatable bonds is 6. The molecule has 29 heavy (non-hydrogen) atoms. The molecule has 5 nitrogen and oxygen atoms in total. The Bertz CT molecular complexity index is 930. The zero-order chi connectivity index (χ0) is 21.3. The number of benzene rings is 1. The number of aryl methyl sites for hydroxylation is 3. The van der Waals surface area contributed by atoms with Crippen LogP contribution in [0.3, 0.4) is 0 Å². The zero-order valence-corrected chi connectivity index (χ0v) is 19.2. The highest BCUT2D eigenvalue weighted by Crippen LogP contribution is 2.66. The Morgan fingerprint density at radius 3 is 2.45 bits per heavy atom. The van der Waals surface area contributed by atoms with Crippen LogP contribution in [0.2, 0.25) is 0 Å². The molecule has 1 saturated heterocycles. The first-order chi connectivity index (χ1) is 13.6. The fourth-order valence-electron chi connectivity index (χ4n) is 4.42. The van der Waals surface area contributed by atoms with E-state index < -0.39 is 7.14 Å². The lowest BCUT2D eigenvalue weighted by molar-refractivity contribution is 0.371. The van der Waals surface area contributed by atoms with Crippen molar-refractivity contribution in [1.82, 2.24) is 4.98 Å². The van der Waals surface area contributed by atoms with Crippen molar-refractivity contribution < 1.29 is 14.4 Å². The zero-order valence-electron chi connectivity index (χ0n) is 18.3. The molecule has 1 aromatic heterocycles. The normalized spacial score (nSPS) is 25.0. The minimum atomic E-state index is -2.46. The highest BCUT2D eigenvalue weighted by Gasteiger charge is 2.43. The van der Waals surface area contributed by atoms with Crippen molar-refractivity contribution in [3.63, 3.8) is 0 Å². The van der Waals surface area contributed by atoms with Gasteiger partial charge in [-0.05, 0) is 61.9 Å². The number of hydrogen-bond acceptors (Lipinski definition) is 5. The number of anilines is 1. The van der Waals surface area contributed by atoms with Gasteiger partial charge in [-0.15, -0.1) is 0 Å². The van der Waals surface area contributed by atoms with Crippen LogP contribution in [-0.4, -0.2) is 36.1 Å². The molecule has 0 spiro atoms. The molecule has 0 saturated carbocycles. The van der Waals surface area contributed by atoms with E-state index in [0.29, 0.717) is 24.1 Å². The summed E-state index contributed by atoms with van der Waals surface area (Å²) in [5.74, 6) is 1.48. The molecule has 0 amide bonds. The van der Waals surface area contributed by atoms with Crippen molar-refractivity contribution in [3.8, 4) is 11.5 Å². The second-order valence-electron chi connectivity index (χ2n) is 8.64. The summed E-state index contributed by atoms with van der Waals surface area (Å²) in [6.07, 6.45) is 1.52. The summed E-state index contributed by atoms with van der Waals surface area (Å²) in [7, 11) is -0.911. The monoisotopic (exact) mass is 416 g/mol. The van der Waals surface area contributed by atoms with Gasteiger partial charge in [0.15, 0.2) is 11.5 Å². The maximum Gasteiger partial charge on any atom is 0.161 e. The van der Waals surface area contributed by atoms with Gasteiger partial charge in [-0.1, -0.05) is 19.9 Å². The van der Waals surface area contributed by atoms with Crippen LogP contribution in [-0.2, 0) is 4.57 Å². The van der Waals surface area contributed by atoms with E-state index in [9.17, 15) is 9.67 Å².